The highest BCUT2D eigenvalue weighted by atomic mass is 19.4. The molecule has 0 aromatic carbocycles. The van der Waals surface area contributed by atoms with Gasteiger partial charge in [-0.25, -0.2) is 4.79 Å². The van der Waals surface area contributed by atoms with Crippen LogP contribution in [-0.4, -0.2) is 66.0 Å². The number of rotatable bonds is 13. The number of fused-ring (bicyclic) bond motifs is 2. The van der Waals surface area contributed by atoms with E-state index in [1.165, 1.54) is 12.2 Å². The van der Waals surface area contributed by atoms with Crippen LogP contribution in [0.4, 0.5) is 13.2 Å². The standard InChI is InChI=1S/C22H24F3NO8/c23-22(24,25)21-16-7-6-15(33-16)20(21)14(28)4-2-12-32-11-1-3-13(27)5-10-19(31)34-26-17(29)8-9-18(26)30/h6-7,15-16H,1-5,8-12H2. The molecule has 12 heteroatoms. The molecule has 34 heavy (non-hydrogen) atoms. The Morgan fingerprint density at radius 2 is 1.56 bits per heavy atom. The third-order valence-electron chi connectivity index (χ3n) is 5.46. The van der Waals surface area contributed by atoms with E-state index in [0.717, 1.165) is 0 Å². The van der Waals surface area contributed by atoms with Crippen LogP contribution >= 0.6 is 0 Å². The lowest BCUT2D eigenvalue weighted by Gasteiger charge is -2.15. The monoisotopic (exact) mass is 487 g/mol. The number of carbonyl (C=O) groups is 5. The minimum absolute atomic E-state index is 0.0155. The first kappa shape index (κ1) is 25.8. The summed E-state index contributed by atoms with van der Waals surface area (Å²) in [4.78, 5) is 63.2. The maximum atomic E-state index is 13.2. The Morgan fingerprint density at radius 3 is 2.21 bits per heavy atom. The first-order valence-corrected chi connectivity index (χ1v) is 10.9. The fourth-order valence-electron chi connectivity index (χ4n) is 3.82. The zero-order chi connectivity index (χ0) is 24.9. The molecule has 3 rings (SSSR count). The summed E-state index contributed by atoms with van der Waals surface area (Å²) in [6.45, 7) is 0.345. The molecule has 186 valence electrons. The van der Waals surface area contributed by atoms with E-state index in [1.807, 2.05) is 0 Å². The Morgan fingerprint density at radius 1 is 0.941 bits per heavy atom. The van der Waals surface area contributed by atoms with Gasteiger partial charge in [0.1, 0.15) is 18.0 Å². The van der Waals surface area contributed by atoms with E-state index < -0.39 is 47.5 Å². The number of nitrogens with zero attached hydrogens (tertiary/aromatic N) is 1. The number of halogens is 3. The van der Waals surface area contributed by atoms with Crippen LogP contribution < -0.4 is 0 Å². The minimum Gasteiger partial charge on any atom is -0.381 e. The second-order valence-electron chi connectivity index (χ2n) is 8.01. The van der Waals surface area contributed by atoms with Gasteiger partial charge in [-0.15, -0.1) is 5.06 Å². The van der Waals surface area contributed by atoms with Crippen LogP contribution in [0.3, 0.4) is 0 Å². The lowest BCUT2D eigenvalue weighted by atomic mass is 9.91. The van der Waals surface area contributed by atoms with Gasteiger partial charge in [-0.1, -0.05) is 12.2 Å². The molecule has 2 unspecified atom stereocenters. The fourth-order valence-corrected chi connectivity index (χ4v) is 3.82. The van der Waals surface area contributed by atoms with Crippen LogP contribution in [0.1, 0.15) is 51.4 Å². The summed E-state index contributed by atoms with van der Waals surface area (Å²) in [5.74, 6) is -2.89. The molecule has 3 aliphatic rings. The van der Waals surface area contributed by atoms with Crippen molar-refractivity contribution < 1.29 is 51.5 Å². The number of hydrogen-bond donors (Lipinski definition) is 0. The van der Waals surface area contributed by atoms with Crippen molar-refractivity contribution in [1.82, 2.24) is 5.06 Å². The van der Waals surface area contributed by atoms with Crippen LogP contribution in [0.2, 0.25) is 0 Å². The molecule has 2 atom stereocenters. The second-order valence-corrected chi connectivity index (χ2v) is 8.01. The summed E-state index contributed by atoms with van der Waals surface area (Å²) in [6, 6.07) is 0. The fraction of sp³-hybridized carbons (Fsp3) is 0.591. The van der Waals surface area contributed by atoms with Gasteiger partial charge in [0.15, 0.2) is 5.78 Å². The highest BCUT2D eigenvalue weighted by Gasteiger charge is 2.51. The van der Waals surface area contributed by atoms with E-state index in [2.05, 4.69) is 4.84 Å². The molecular weight excluding hydrogens is 463 g/mol. The lowest BCUT2D eigenvalue weighted by Crippen LogP contribution is -2.32. The third-order valence-corrected chi connectivity index (χ3v) is 5.46. The molecule has 0 spiro atoms. The Hall–Kier alpha value is -2.86. The predicted molar refractivity (Wildman–Crippen MR) is 107 cm³/mol. The summed E-state index contributed by atoms with van der Waals surface area (Å²) in [5.41, 5.74) is -1.26. The van der Waals surface area contributed by atoms with Crippen LogP contribution in [-0.2, 0) is 38.3 Å². The molecule has 1 fully saturated rings. The third kappa shape index (κ3) is 6.38. The number of carbonyl (C=O) groups excluding carboxylic acids is 5. The zero-order valence-corrected chi connectivity index (χ0v) is 18.2. The number of Topliss-reactive ketones (excluding diaryl/α,β-unsaturated/α-hetero) is 2. The van der Waals surface area contributed by atoms with Gasteiger partial charge in [-0.2, -0.15) is 13.2 Å². The Labute approximate surface area is 192 Å². The van der Waals surface area contributed by atoms with Crippen molar-refractivity contribution >= 4 is 29.4 Å². The van der Waals surface area contributed by atoms with E-state index in [9.17, 15) is 37.1 Å². The summed E-state index contributed by atoms with van der Waals surface area (Å²) in [6.07, 6.45) is -3.86. The first-order valence-electron chi connectivity index (χ1n) is 10.9. The Balaban J connectivity index is 1.25. The van der Waals surface area contributed by atoms with Gasteiger partial charge in [-0.3, -0.25) is 19.2 Å². The topological polar surface area (TPSA) is 116 Å². The van der Waals surface area contributed by atoms with Crippen molar-refractivity contribution in [1.29, 1.82) is 0 Å². The average molecular weight is 487 g/mol. The number of imide groups is 1. The molecule has 0 aromatic rings. The van der Waals surface area contributed by atoms with Crippen LogP contribution in [0, 0.1) is 0 Å². The molecule has 2 amide bonds. The summed E-state index contributed by atoms with van der Waals surface area (Å²) < 4.78 is 50.1. The van der Waals surface area contributed by atoms with Crippen molar-refractivity contribution in [2.75, 3.05) is 13.2 Å². The van der Waals surface area contributed by atoms with Crippen LogP contribution in [0.15, 0.2) is 23.3 Å². The quantitative estimate of drug-likeness (QED) is 0.221. The van der Waals surface area contributed by atoms with Gasteiger partial charge >= 0.3 is 12.1 Å². The first-order chi connectivity index (χ1) is 16.1. The van der Waals surface area contributed by atoms with Crippen molar-refractivity contribution in [2.45, 2.75) is 69.8 Å². The molecule has 9 nitrogen and oxygen atoms in total. The second kappa shape index (κ2) is 11.0. The van der Waals surface area contributed by atoms with Gasteiger partial charge in [0.05, 0.1) is 12.0 Å². The molecule has 3 heterocycles. The smallest absolute Gasteiger partial charge is 0.381 e. The number of hydrogen-bond acceptors (Lipinski definition) is 8. The van der Waals surface area contributed by atoms with E-state index in [-0.39, 0.29) is 69.5 Å². The minimum atomic E-state index is -4.63. The molecule has 0 aromatic heterocycles. The van der Waals surface area contributed by atoms with Crippen molar-refractivity contribution in [3.8, 4) is 0 Å². The number of alkyl halides is 3. The molecule has 0 radical (unpaired) electrons. The summed E-state index contributed by atoms with van der Waals surface area (Å²) in [7, 11) is 0. The number of ketones is 2. The van der Waals surface area contributed by atoms with Crippen molar-refractivity contribution in [2.24, 2.45) is 0 Å². The largest absolute Gasteiger partial charge is 0.415 e. The number of hydroxylamine groups is 2. The summed E-state index contributed by atoms with van der Waals surface area (Å²) >= 11 is 0. The van der Waals surface area contributed by atoms with Crippen molar-refractivity contribution in [3.63, 3.8) is 0 Å². The number of amides is 2. The van der Waals surface area contributed by atoms with Crippen LogP contribution in [0.25, 0.3) is 0 Å². The molecule has 2 bridgehead atoms. The SMILES string of the molecule is O=C(CCCOCCCC(=O)C1=C(C(F)(F)F)C2C=CC1O2)CCC(=O)ON1C(=O)CCC1=O. The van der Waals surface area contributed by atoms with E-state index in [1.54, 1.807) is 0 Å². The Bertz CT molecular complexity index is 908. The van der Waals surface area contributed by atoms with Gasteiger partial charge in [0, 0.05) is 50.9 Å². The van der Waals surface area contributed by atoms with Gasteiger partial charge in [0.25, 0.3) is 11.8 Å². The molecule has 3 aliphatic heterocycles. The van der Waals surface area contributed by atoms with E-state index >= 15 is 0 Å². The molecule has 1 saturated heterocycles. The van der Waals surface area contributed by atoms with Gasteiger partial charge < -0.3 is 14.3 Å². The van der Waals surface area contributed by atoms with E-state index in [4.69, 9.17) is 9.47 Å². The molecule has 0 N–H and O–H groups in total. The maximum absolute atomic E-state index is 13.2. The van der Waals surface area contributed by atoms with E-state index in [0.29, 0.717) is 11.5 Å². The maximum Gasteiger partial charge on any atom is 0.415 e. The molecule has 0 aliphatic carbocycles. The Kier molecular flexibility index (Phi) is 8.37. The number of ether oxygens (including phenoxy) is 2. The molecule has 0 saturated carbocycles. The lowest BCUT2D eigenvalue weighted by molar-refractivity contribution is -0.197. The van der Waals surface area contributed by atoms with Gasteiger partial charge in [-0.05, 0) is 12.8 Å². The predicted octanol–water partition coefficient (Wildman–Crippen LogP) is 2.29. The summed E-state index contributed by atoms with van der Waals surface area (Å²) in [5, 5.41) is 0.423. The normalized spacial score (nSPS) is 21.7. The average Bonchev–Trinajstić information content (AvgIpc) is 3.47. The van der Waals surface area contributed by atoms with Crippen molar-refractivity contribution in [3.05, 3.63) is 23.3 Å². The van der Waals surface area contributed by atoms with Crippen LogP contribution in [0.5, 0.6) is 0 Å². The van der Waals surface area contributed by atoms with Gasteiger partial charge in [0.2, 0.25) is 0 Å². The highest BCUT2D eigenvalue weighted by Crippen LogP contribution is 2.43. The zero-order valence-electron chi connectivity index (χ0n) is 18.2. The highest BCUT2D eigenvalue weighted by molar-refractivity contribution is 6.01. The molecular formula is C22H24F3NO8.